The molecule has 276 valence electrons. The van der Waals surface area contributed by atoms with E-state index in [9.17, 15) is 18.8 Å². The number of piperazine rings is 1. The molecule has 0 bridgehead atoms. The lowest BCUT2D eigenvalue weighted by Gasteiger charge is -2.40. The van der Waals surface area contributed by atoms with E-state index < -0.39 is 29.5 Å². The van der Waals surface area contributed by atoms with E-state index in [0.29, 0.717) is 42.7 Å². The molecular formula is C40H49FN6O5. The minimum Gasteiger partial charge on any atom is -0.465 e. The van der Waals surface area contributed by atoms with Crippen molar-refractivity contribution < 1.29 is 28.2 Å². The standard InChI is InChI=1S/C40H49FN6O5/c1-5-51-38(49)34-25-47(35(48)16-10-11-19-42-37-29-12-6-8-14-31(29)44-32-15-9-7-13-30(32)37)21-20-46(34)24-28-18-17-26-22-27(41)23-33(36(26)43-28)45-39(50)52-40(2,3)4/h6,8,12,14,17-18,22-23,34H,5,7,9-11,13,15-16,19-21,24-25H2,1-4H3,(H,42,44)(H,45,50). The van der Waals surface area contributed by atoms with Crippen LogP contribution in [0.3, 0.4) is 0 Å². The van der Waals surface area contributed by atoms with Crippen molar-refractivity contribution in [1.29, 1.82) is 0 Å². The summed E-state index contributed by atoms with van der Waals surface area (Å²) in [5.41, 5.74) is 5.21. The van der Waals surface area contributed by atoms with Gasteiger partial charge in [-0.2, -0.15) is 0 Å². The number of para-hydroxylation sites is 1. The summed E-state index contributed by atoms with van der Waals surface area (Å²) >= 11 is 0. The van der Waals surface area contributed by atoms with Crippen molar-refractivity contribution >= 4 is 51.2 Å². The number of hydrogen-bond acceptors (Lipinski definition) is 9. The van der Waals surface area contributed by atoms with Crippen LogP contribution in [0.25, 0.3) is 21.8 Å². The normalized spacial score (nSPS) is 16.4. The Bertz CT molecular complexity index is 1950. The lowest BCUT2D eigenvalue weighted by molar-refractivity contribution is -0.154. The number of unbranched alkanes of at least 4 members (excludes halogenated alkanes) is 1. The summed E-state index contributed by atoms with van der Waals surface area (Å²) in [7, 11) is 0. The zero-order valence-electron chi connectivity index (χ0n) is 30.6. The van der Waals surface area contributed by atoms with Gasteiger partial charge in [-0.25, -0.2) is 14.2 Å². The Hall–Kier alpha value is -4.84. The smallest absolute Gasteiger partial charge is 0.412 e. The summed E-state index contributed by atoms with van der Waals surface area (Å²) in [5, 5.41) is 7.97. The number of carbonyl (C=O) groups excluding carboxylic acids is 3. The van der Waals surface area contributed by atoms with Crippen LogP contribution in [-0.4, -0.2) is 82.2 Å². The summed E-state index contributed by atoms with van der Waals surface area (Å²) < 4.78 is 25.2. The second-order valence-electron chi connectivity index (χ2n) is 14.6. The highest BCUT2D eigenvalue weighted by Crippen LogP contribution is 2.33. The number of rotatable bonds is 11. The van der Waals surface area contributed by atoms with Gasteiger partial charge in [0, 0.05) is 61.3 Å². The third-order valence-corrected chi connectivity index (χ3v) is 9.51. The van der Waals surface area contributed by atoms with Crippen LogP contribution in [0, 0.1) is 5.82 Å². The summed E-state index contributed by atoms with van der Waals surface area (Å²) in [5.74, 6) is -0.898. The number of aryl methyl sites for hydroxylation is 1. The largest absolute Gasteiger partial charge is 0.465 e. The molecule has 2 N–H and O–H groups in total. The van der Waals surface area contributed by atoms with Gasteiger partial charge in [-0.3, -0.25) is 24.8 Å². The lowest BCUT2D eigenvalue weighted by atomic mass is 9.92. The molecule has 2 aromatic heterocycles. The topological polar surface area (TPSA) is 126 Å². The van der Waals surface area contributed by atoms with Crippen LogP contribution in [0.1, 0.15) is 76.8 Å². The quantitative estimate of drug-likeness (QED) is 0.125. The first-order valence-corrected chi connectivity index (χ1v) is 18.4. The number of aromatic nitrogens is 2. The summed E-state index contributed by atoms with van der Waals surface area (Å²) in [4.78, 5) is 52.5. The zero-order chi connectivity index (χ0) is 36.8. The SMILES string of the molecule is CCOC(=O)C1CN(C(=O)CCCCNc2c3c(nc4ccccc24)CCCC3)CCN1Cc1ccc2cc(F)cc(NC(=O)OC(C)(C)C)c2n1. The minimum atomic E-state index is -0.732. The summed E-state index contributed by atoms with van der Waals surface area (Å²) in [6, 6.07) is 13.7. The third-order valence-electron chi connectivity index (χ3n) is 9.51. The number of amides is 2. The van der Waals surface area contributed by atoms with E-state index in [1.54, 1.807) is 44.7 Å². The molecule has 1 aliphatic heterocycles. The van der Waals surface area contributed by atoms with Crippen LogP contribution < -0.4 is 10.6 Å². The molecule has 52 heavy (non-hydrogen) atoms. The molecule has 1 aliphatic carbocycles. The Kier molecular flexibility index (Phi) is 11.5. The van der Waals surface area contributed by atoms with Crippen LogP contribution in [0.4, 0.5) is 20.6 Å². The van der Waals surface area contributed by atoms with E-state index in [-0.39, 0.29) is 24.7 Å². The van der Waals surface area contributed by atoms with Crippen molar-refractivity contribution in [2.75, 3.05) is 43.4 Å². The van der Waals surface area contributed by atoms with Crippen molar-refractivity contribution in [1.82, 2.24) is 19.8 Å². The lowest BCUT2D eigenvalue weighted by Crippen LogP contribution is -2.57. The first-order valence-electron chi connectivity index (χ1n) is 18.4. The molecule has 1 atom stereocenters. The maximum Gasteiger partial charge on any atom is 0.412 e. The fourth-order valence-electron chi connectivity index (χ4n) is 7.09. The number of hydrogen-bond donors (Lipinski definition) is 2. The second kappa shape index (κ2) is 16.2. The van der Waals surface area contributed by atoms with Crippen molar-refractivity contribution in [3.63, 3.8) is 0 Å². The van der Waals surface area contributed by atoms with Gasteiger partial charge in [0.1, 0.15) is 17.5 Å². The Balaban J connectivity index is 1.07. The van der Waals surface area contributed by atoms with Gasteiger partial charge in [0.15, 0.2) is 0 Å². The molecule has 2 aliphatic rings. The highest BCUT2D eigenvalue weighted by molar-refractivity contribution is 5.98. The van der Waals surface area contributed by atoms with Crippen molar-refractivity contribution in [2.45, 2.75) is 90.8 Å². The Morgan fingerprint density at radius 1 is 1.00 bits per heavy atom. The first kappa shape index (κ1) is 36.9. The molecular weight excluding hydrogens is 663 g/mol. The molecule has 2 amide bonds. The number of halogens is 1. The predicted octanol–water partition coefficient (Wildman–Crippen LogP) is 7.01. The van der Waals surface area contributed by atoms with Gasteiger partial charge in [-0.15, -0.1) is 0 Å². The van der Waals surface area contributed by atoms with Crippen LogP contribution in [0.5, 0.6) is 0 Å². The molecule has 2 aromatic carbocycles. The van der Waals surface area contributed by atoms with Gasteiger partial charge < -0.3 is 19.7 Å². The maximum atomic E-state index is 14.4. The van der Waals surface area contributed by atoms with Gasteiger partial charge >= 0.3 is 12.1 Å². The number of fused-ring (bicyclic) bond motifs is 3. The van der Waals surface area contributed by atoms with Gasteiger partial charge in [0.2, 0.25) is 5.91 Å². The zero-order valence-corrected chi connectivity index (χ0v) is 30.6. The average molecular weight is 713 g/mol. The molecule has 1 unspecified atom stereocenters. The molecule has 1 fully saturated rings. The number of nitrogens with one attached hydrogen (secondary N) is 2. The number of anilines is 2. The van der Waals surface area contributed by atoms with Gasteiger partial charge in [0.25, 0.3) is 0 Å². The highest BCUT2D eigenvalue weighted by Gasteiger charge is 2.35. The van der Waals surface area contributed by atoms with Crippen molar-refractivity contribution in [3.8, 4) is 0 Å². The van der Waals surface area contributed by atoms with E-state index in [2.05, 4.69) is 28.8 Å². The predicted molar refractivity (Wildman–Crippen MR) is 200 cm³/mol. The van der Waals surface area contributed by atoms with Gasteiger partial charge in [-0.1, -0.05) is 24.3 Å². The maximum absolute atomic E-state index is 14.4. The van der Waals surface area contributed by atoms with E-state index >= 15 is 0 Å². The first-order chi connectivity index (χ1) is 25.0. The number of nitrogens with zero attached hydrogens (tertiary/aromatic N) is 4. The second-order valence-corrected chi connectivity index (χ2v) is 14.6. The molecule has 11 nitrogen and oxygen atoms in total. The third kappa shape index (κ3) is 8.96. The van der Waals surface area contributed by atoms with Crippen LogP contribution in [-0.2, 0) is 38.4 Å². The molecule has 0 radical (unpaired) electrons. The monoisotopic (exact) mass is 712 g/mol. The molecule has 0 spiro atoms. The average Bonchev–Trinajstić information content (AvgIpc) is 3.10. The summed E-state index contributed by atoms with van der Waals surface area (Å²) in [6.45, 7) is 9.40. The molecule has 12 heteroatoms. The Labute approximate surface area is 304 Å². The Morgan fingerprint density at radius 3 is 2.62 bits per heavy atom. The molecule has 6 rings (SSSR count). The number of carbonyl (C=O) groups is 3. The Morgan fingerprint density at radius 2 is 1.81 bits per heavy atom. The van der Waals surface area contributed by atoms with E-state index in [1.165, 1.54) is 41.9 Å². The number of esters is 1. The molecule has 3 heterocycles. The van der Waals surface area contributed by atoms with E-state index in [4.69, 9.17) is 19.4 Å². The van der Waals surface area contributed by atoms with Crippen molar-refractivity contribution in [2.24, 2.45) is 0 Å². The number of pyridine rings is 2. The number of ether oxygens (including phenoxy) is 2. The van der Waals surface area contributed by atoms with Gasteiger partial charge in [0.05, 0.1) is 29.0 Å². The minimum absolute atomic E-state index is 0.0180. The van der Waals surface area contributed by atoms with Crippen molar-refractivity contribution in [3.05, 3.63) is 71.3 Å². The van der Waals surface area contributed by atoms with Crippen LogP contribution in [0.2, 0.25) is 0 Å². The number of benzene rings is 2. The fourth-order valence-corrected chi connectivity index (χ4v) is 7.09. The molecule has 4 aromatic rings. The fraction of sp³-hybridized carbons (Fsp3) is 0.475. The van der Waals surface area contributed by atoms with E-state index in [0.717, 1.165) is 43.1 Å². The van der Waals surface area contributed by atoms with Gasteiger partial charge in [-0.05, 0) is 96.0 Å². The summed E-state index contributed by atoms with van der Waals surface area (Å²) in [6.07, 6.45) is 5.62. The highest BCUT2D eigenvalue weighted by atomic mass is 19.1. The molecule has 1 saturated heterocycles. The van der Waals surface area contributed by atoms with E-state index in [1.807, 2.05) is 11.0 Å². The molecule has 0 saturated carbocycles. The van der Waals surface area contributed by atoms with Crippen LogP contribution in [0.15, 0.2) is 48.5 Å². The van der Waals surface area contributed by atoms with Crippen LogP contribution >= 0.6 is 0 Å².